The largest absolute Gasteiger partial charge is 0.386 e. The van der Waals surface area contributed by atoms with Crippen molar-refractivity contribution in [3.63, 3.8) is 0 Å². The molecular weight excluding hydrogens is 212 g/mol. The van der Waals surface area contributed by atoms with Gasteiger partial charge in [0.15, 0.2) is 5.78 Å². The Morgan fingerprint density at radius 2 is 1.94 bits per heavy atom. The van der Waals surface area contributed by atoms with Gasteiger partial charge < -0.3 is 5.11 Å². The zero-order chi connectivity index (χ0) is 13.5. The predicted octanol–water partition coefficient (Wildman–Crippen LogP) is 3.58. The van der Waals surface area contributed by atoms with E-state index in [4.69, 9.17) is 0 Å². The Kier molecular flexibility index (Phi) is 6.74. The monoisotopic (exact) mass is 236 g/mol. The van der Waals surface area contributed by atoms with Gasteiger partial charge in [-0.25, -0.2) is 0 Å². The van der Waals surface area contributed by atoms with Crippen LogP contribution in [0.25, 0.3) is 0 Å². The SMILES string of the molecule is C=CC(C)(O)CCC=C(C)CC(=O)C=C(C)C. The summed E-state index contributed by atoms with van der Waals surface area (Å²) < 4.78 is 0. The van der Waals surface area contributed by atoms with E-state index in [9.17, 15) is 9.90 Å². The second-order valence-electron chi connectivity index (χ2n) is 5.02. The summed E-state index contributed by atoms with van der Waals surface area (Å²) in [5.41, 5.74) is 1.26. The van der Waals surface area contributed by atoms with Crippen LogP contribution in [0.1, 0.15) is 47.0 Å². The lowest BCUT2D eigenvalue weighted by Crippen LogP contribution is -2.19. The Balaban J connectivity index is 4.16. The number of carbonyl (C=O) groups excluding carboxylic acids is 1. The van der Waals surface area contributed by atoms with Gasteiger partial charge in [-0.3, -0.25) is 4.79 Å². The fraction of sp³-hybridized carbons (Fsp3) is 0.533. The van der Waals surface area contributed by atoms with Crippen molar-refractivity contribution in [3.8, 4) is 0 Å². The molecule has 0 radical (unpaired) electrons. The standard InChI is InChI=1S/C15H24O2/c1-6-15(5,17)9-7-8-13(4)11-14(16)10-12(2)3/h6,8,10,17H,1,7,9,11H2,2-5H3. The molecule has 0 aliphatic rings. The molecule has 0 saturated carbocycles. The van der Waals surface area contributed by atoms with Gasteiger partial charge in [-0.2, -0.15) is 0 Å². The number of hydrogen-bond donors (Lipinski definition) is 1. The Hall–Kier alpha value is -1.15. The molecule has 0 saturated heterocycles. The average molecular weight is 236 g/mol. The maximum absolute atomic E-state index is 11.5. The highest BCUT2D eigenvalue weighted by molar-refractivity contribution is 5.91. The molecule has 1 N–H and O–H groups in total. The van der Waals surface area contributed by atoms with E-state index in [1.807, 2.05) is 26.8 Å². The maximum atomic E-state index is 11.5. The number of ketones is 1. The molecule has 0 aliphatic heterocycles. The summed E-state index contributed by atoms with van der Waals surface area (Å²) >= 11 is 0. The van der Waals surface area contributed by atoms with Crippen LogP contribution in [0.2, 0.25) is 0 Å². The first-order valence-electron chi connectivity index (χ1n) is 5.96. The van der Waals surface area contributed by atoms with E-state index in [-0.39, 0.29) is 5.78 Å². The van der Waals surface area contributed by atoms with E-state index in [2.05, 4.69) is 6.58 Å². The molecule has 2 nitrogen and oxygen atoms in total. The second kappa shape index (κ2) is 7.23. The lowest BCUT2D eigenvalue weighted by atomic mass is 9.99. The zero-order valence-electron chi connectivity index (χ0n) is 11.4. The van der Waals surface area contributed by atoms with Crippen molar-refractivity contribution in [2.75, 3.05) is 0 Å². The number of rotatable bonds is 7. The van der Waals surface area contributed by atoms with Crippen molar-refractivity contribution >= 4 is 5.78 Å². The molecule has 1 atom stereocenters. The van der Waals surface area contributed by atoms with E-state index in [0.717, 1.165) is 17.6 Å². The first-order valence-corrected chi connectivity index (χ1v) is 5.96. The fourth-order valence-corrected chi connectivity index (χ4v) is 1.43. The number of hydrogen-bond acceptors (Lipinski definition) is 2. The molecule has 0 rings (SSSR count). The van der Waals surface area contributed by atoms with E-state index in [0.29, 0.717) is 12.8 Å². The minimum absolute atomic E-state index is 0.134. The van der Waals surface area contributed by atoms with E-state index >= 15 is 0 Å². The highest BCUT2D eigenvalue weighted by Crippen LogP contribution is 2.15. The summed E-state index contributed by atoms with van der Waals surface area (Å²) in [5.74, 6) is 0.134. The van der Waals surface area contributed by atoms with Gasteiger partial charge in [0, 0.05) is 6.42 Å². The molecule has 1 unspecified atom stereocenters. The molecule has 0 spiro atoms. The minimum atomic E-state index is -0.819. The van der Waals surface area contributed by atoms with Crippen molar-refractivity contribution in [1.29, 1.82) is 0 Å². The third kappa shape index (κ3) is 8.64. The fourth-order valence-electron chi connectivity index (χ4n) is 1.43. The molecule has 0 aliphatic carbocycles. The summed E-state index contributed by atoms with van der Waals surface area (Å²) in [6.45, 7) is 11.1. The van der Waals surface area contributed by atoms with Crippen LogP contribution < -0.4 is 0 Å². The van der Waals surface area contributed by atoms with Crippen molar-refractivity contribution in [2.24, 2.45) is 0 Å². The molecule has 0 fully saturated rings. The molecule has 2 heteroatoms. The number of carbonyl (C=O) groups is 1. The van der Waals surface area contributed by atoms with Crippen LogP contribution in [0.15, 0.2) is 36.0 Å². The summed E-state index contributed by atoms with van der Waals surface area (Å²) in [6.07, 6.45) is 7.06. The van der Waals surface area contributed by atoms with E-state index in [1.165, 1.54) is 0 Å². The summed E-state index contributed by atoms with van der Waals surface area (Å²) in [4.78, 5) is 11.5. The Morgan fingerprint density at radius 1 is 1.35 bits per heavy atom. The van der Waals surface area contributed by atoms with Crippen LogP contribution in [-0.2, 0) is 4.79 Å². The van der Waals surface area contributed by atoms with E-state index in [1.54, 1.807) is 19.1 Å². The van der Waals surface area contributed by atoms with Crippen molar-refractivity contribution in [2.45, 2.75) is 52.6 Å². The Morgan fingerprint density at radius 3 is 2.41 bits per heavy atom. The minimum Gasteiger partial charge on any atom is -0.386 e. The number of allylic oxidation sites excluding steroid dienone is 4. The van der Waals surface area contributed by atoms with Gasteiger partial charge in [0.25, 0.3) is 0 Å². The molecular formula is C15H24O2. The molecule has 0 aromatic carbocycles. The van der Waals surface area contributed by atoms with Gasteiger partial charge in [0.1, 0.15) is 0 Å². The van der Waals surface area contributed by atoms with E-state index < -0.39 is 5.60 Å². The molecule has 0 aromatic rings. The molecule has 0 heterocycles. The lowest BCUT2D eigenvalue weighted by Gasteiger charge is -2.16. The summed E-state index contributed by atoms with van der Waals surface area (Å²) in [7, 11) is 0. The quantitative estimate of drug-likeness (QED) is 0.542. The van der Waals surface area contributed by atoms with Gasteiger partial charge in [-0.1, -0.05) is 23.3 Å². The van der Waals surface area contributed by atoms with Crippen molar-refractivity contribution < 1.29 is 9.90 Å². The molecule has 0 amide bonds. The lowest BCUT2D eigenvalue weighted by molar-refractivity contribution is -0.114. The topological polar surface area (TPSA) is 37.3 Å². The molecule has 17 heavy (non-hydrogen) atoms. The van der Waals surface area contributed by atoms with Gasteiger partial charge in [-0.15, -0.1) is 6.58 Å². The van der Waals surface area contributed by atoms with Crippen LogP contribution in [-0.4, -0.2) is 16.5 Å². The predicted molar refractivity (Wildman–Crippen MR) is 72.9 cm³/mol. The smallest absolute Gasteiger partial charge is 0.159 e. The number of aliphatic hydroxyl groups is 1. The van der Waals surface area contributed by atoms with Crippen LogP contribution in [0.3, 0.4) is 0 Å². The average Bonchev–Trinajstić information content (AvgIpc) is 2.15. The Labute approximate surface area is 105 Å². The van der Waals surface area contributed by atoms with Gasteiger partial charge >= 0.3 is 0 Å². The van der Waals surface area contributed by atoms with Crippen LogP contribution in [0, 0.1) is 0 Å². The van der Waals surface area contributed by atoms with Crippen LogP contribution >= 0.6 is 0 Å². The molecule has 0 aromatic heterocycles. The molecule has 0 bridgehead atoms. The maximum Gasteiger partial charge on any atom is 0.159 e. The Bertz CT molecular complexity index is 329. The normalized spacial score (nSPS) is 15.0. The second-order valence-corrected chi connectivity index (χ2v) is 5.02. The third-order valence-electron chi connectivity index (χ3n) is 2.49. The van der Waals surface area contributed by atoms with Crippen molar-refractivity contribution in [1.82, 2.24) is 0 Å². The van der Waals surface area contributed by atoms with Gasteiger partial charge in [0.2, 0.25) is 0 Å². The molecule has 96 valence electrons. The first-order chi connectivity index (χ1) is 7.76. The summed E-state index contributed by atoms with van der Waals surface area (Å²) in [6, 6.07) is 0. The first kappa shape index (κ1) is 15.9. The third-order valence-corrected chi connectivity index (χ3v) is 2.49. The van der Waals surface area contributed by atoms with Crippen LogP contribution in [0.4, 0.5) is 0 Å². The van der Waals surface area contributed by atoms with Gasteiger partial charge in [-0.05, 0) is 46.6 Å². The van der Waals surface area contributed by atoms with Crippen LogP contribution in [0.5, 0.6) is 0 Å². The highest BCUT2D eigenvalue weighted by atomic mass is 16.3. The zero-order valence-corrected chi connectivity index (χ0v) is 11.4. The van der Waals surface area contributed by atoms with Crippen molar-refractivity contribution in [3.05, 3.63) is 36.0 Å². The summed E-state index contributed by atoms with van der Waals surface area (Å²) in [5, 5.41) is 9.71. The highest BCUT2D eigenvalue weighted by Gasteiger charge is 2.13. The van der Waals surface area contributed by atoms with Gasteiger partial charge in [0.05, 0.1) is 5.60 Å².